The standard InChI is InChI=1S/C14H11N3O2/c15-8-11-4-1-2-6-13(11)19-10-14(18)17-12-5-3-7-16-9-12/h1-7,9H,10H2,(H,17,18). The van der Waals surface area contributed by atoms with Crippen LogP contribution >= 0.6 is 0 Å². The molecule has 2 aromatic rings. The number of pyridine rings is 1. The van der Waals surface area contributed by atoms with Gasteiger partial charge >= 0.3 is 0 Å². The van der Waals surface area contributed by atoms with Crippen LogP contribution in [-0.4, -0.2) is 17.5 Å². The zero-order valence-corrected chi connectivity index (χ0v) is 10.0. The Morgan fingerprint density at radius 3 is 2.89 bits per heavy atom. The van der Waals surface area contributed by atoms with E-state index in [-0.39, 0.29) is 12.5 Å². The Morgan fingerprint density at radius 1 is 1.32 bits per heavy atom. The highest BCUT2D eigenvalue weighted by atomic mass is 16.5. The number of carbonyl (C=O) groups excluding carboxylic acids is 1. The maximum absolute atomic E-state index is 11.6. The normalized spacial score (nSPS) is 9.42. The fourth-order valence-electron chi connectivity index (χ4n) is 1.46. The Morgan fingerprint density at radius 2 is 2.16 bits per heavy atom. The number of nitrogens with one attached hydrogen (secondary N) is 1. The minimum atomic E-state index is -0.305. The van der Waals surface area contributed by atoms with E-state index in [0.717, 1.165) is 0 Å². The fraction of sp³-hybridized carbons (Fsp3) is 0.0714. The van der Waals surface area contributed by atoms with Crippen LogP contribution < -0.4 is 10.1 Å². The molecule has 19 heavy (non-hydrogen) atoms. The van der Waals surface area contributed by atoms with Gasteiger partial charge in [0.05, 0.1) is 17.4 Å². The number of amides is 1. The summed E-state index contributed by atoms with van der Waals surface area (Å²) in [6, 6.07) is 12.2. The molecule has 5 heteroatoms. The molecule has 0 bridgehead atoms. The van der Waals surface area contributed by atoms with Crippen molar-refractivity contribution in [3.8, 4) is 11.8 Å². The van der Waals surface area contributed by atoms with E-state index in [9.17, 15) is 4.79 Å². The maximum Gasteiger partial charge on any atom is 0.262 e. The lowest BCUT2D eigenvalue weighted by Gasteiger charge is -2.08. The fourth-order valence-corrected chi connectivity index (χ4v) is 1.46. The first-order valence-corrected chi connectivity index (χ1v) is 5.61. The van der Waals surface area contributed by atoms with Crippen molar-refractivity contribution in [2.75, 3.05) is 11.9 Å². The highest BCUT2D eigenvalue weighted by Crippen LogP contribution is 2.16. The van der Waals surface area contributed by atoms with Crippen LogP contribution in [0, 0.1) is 11.3 Å². The molecule has 1 aromatic heterocycles. The summed E-state index contributed by atoms with van der Waals surface area (Å²) < 4.78 is 5.31. The van der Waals surface area contributed by atoms with Gasteiger partial charge in [0.15, 0.2) is 6.61 Å². The van der Waals surface area contributed by atoms with Crippen LogP contribution in [0.25, 0.3) is 0 Å². The summed E-state index contributed by atoms with van der Waals surface area (Å²) in [5.41, 5.74) is 1.00. The molecular formula is C14H11N3O2. The third-order valence-corrected chi connectivity index (χ3v) is 2.31. The molecule has 0 unspecified atom stereocenters. The molecule has 0 aliphatic rings. The lowest BCUT2D eigenvalue weighted by molar-refractivity contribution is -0.118. The molecule has 1 amide bonds. The van der Waals surface area contributed by atoms with E-state index in [1.54, 1.807) is 48.8 Å². The van der Waals surface area contributed by atoms with Crippen LogP contribution in [0.1, 0.15) is 5.56 Å². The van der Waals surface area contributed by atoms with E-state index in [4.69, 9.17) is 10.00 Å². The third-order valence-electron chi connectivity index (χ3n) is 2.31. The van der Waals surface area contributed by atoms with Gasteiger partial charge in [-0.1, -0.05) is 12.1 Å². The van der Waals surface area contributed by atoms with Crippen molar-refractivity contribution < 1.29 is 9.53 Å². The van der Waals surface area contributed by atoms with Gasteiger partial charge < -0.3 is 10.1 Å². The topological polar surface area (TPSA) is 75.0 Å². The molecule has 0 aliphatic heterocycles. The molecule has 0 saturated carbocycles. The van der Waals surface area contributed by atoms with E-state index in [2.05, 4.69) is 10.3 Å². The van der Waals surface area contributed by atoms with Crippen LogP contribution in [0.15, 0.2) is 48.8 Å². The number of carbonyl (C=O) groups is 1. The van der Waals surface area contributed by atoms with Gasteiger partial charge in [0, 0.05) is 6.20 Å². The summed E-state index contributed by atoms with van der Waals surface area (Å²) in [5, 5.41) is 11.5. The Kier molecular flexibility index (Phi) is 4.09. The SMILES string of the molecule is N#Cc1ccccc1OCC(=O)Nc1cccnc1. The summed E-state index contributed by atoms with van der Waals surface area (Å²) in [5.74, 6) is 0.0899. The number of para-hydroxylation sites is 1. The molecule has 0 radical (unpaired) electrons. The molecule has 0 saturated heterocycles. The van der Waals surface area contributed by atoms with E-state index in [1.807, 2.05) is 6.07 Å². The zero-order valence-electron chi connectivity index (χ0n) is 10.0. The van der Waals surface area contributed by atoms with E-state index in [0.29, 0.717) is 17.0 Å². The molecule has 1 heterocycles. The number of rotatable bonds is 4. The van der Waals surface area contributed by atoms with Gasteiger partial charge in [-0.3, -0.25) is 9.78 Å². The number of hydrogen-bond donors (Lipinski definition) is 1. The van der Waals surface area contributed by atoms with Crippen molar-refractivity contribution in [3.63, 3.8) is 0 Å². The molecule has 0 fully saturated rings. The van der Waals surface area contributed by atoms with Gasteiger partial charge in [0.2, 0.25) is 0 Å². The molecular weight excluding hydrogens is 242 g/mol. The number of anilines is 1. The molecule has 2 rings (SSSR count). The third kappa shape index (κ3) is 3.54. The molecule has 0 aliphatic carbocycles. The van der Waals surface area contributed by atoms with Gasteiger partial charge in [0.25, 0.3) is 5.91 Å². The van der Waals surface area contributed by atoms with Crippen LogP contribution in [0.4, 0.5) is 5.69 Å². The summed E-state index contributed by atoms with van der Waals surface area (Å²) in [6.45, 7) is -0.159. The molecule has 94 valence electrons. The van der Waals surface area contributed by atoms with Gasteiger partial charge in [-0.2, -0.15) is 5.26 Å². The number of benzene rings is 1. The second kappa shape index (κ2) is 6.17. The van der Waals surface area contributed by atoms with E-state index >= 15 is 0 Å². The minimum Gasteiger partial charge on any atom is -0.482 e. The predicted octanol–water partition coefficient (Wildman–Crippen LogP) is 1.97. The molecule has 0 atom stereocenters. The minimum absolute atomic E-state index is 0.159. The zero-order chi connectivity index (χ0) is 13.5. The molecule has 0 spiro atoms. The summed E-state index contributed by atoms with van der Waals surface area (Å²) in [4.78, 5) is 15.5. The van der Waals surface area contributed by atoms with Crippen LogP contribution in [0.5, 0.6) is 5.75 Å². The van der Waals surface area contributed by atoms with Gasteiger partial charge in [-0.25, -0.2) is 0 Å². The average Bonchev–Trinajstić information content (AvgIpc) is 2.46. The summed E-state index contributed by atoms with van der Waals surface area (Å²) in [6.07, 6.45) is 3.16. The van der Waals surface area contributed by atoms with E-state index < -0.39 is 0 Å². The Balaban J connectivity index is 1.92. The van der Waals surface area contributed by atoms with Crippen molar-refractivity contribution in [3.05, 3.63) is 54.4 Å². The van der Waals surface area contributed by atoms with E-state index in [1.165, 1.54) is 0 Å². The summed E-state index contributed by atoms with van der Waals surface area (Å²) >= 11 is 0. The average molecular weight is 253 g/mol. The van der Waals surface area contributed by atoms with Crippen LogP contribution in [0.3, 0.4) is 0 Å². The van der Waals surface area contributed by atoms with Crippen LogP contribution in [0.2, 0.25) is 0 Å². The molecule has 1 aromatic carbocycles. The van der Waals surface area contributed by atoms with Crippen molar-refractivity contribution in [1.29, 1.82) is 5.26 Å². The van der Waals surface area contributed by atoms with Gasteiger partial charge in [-0.05, 0) is 24.3 Å². The molecule has 5 nitrogen and oxygen atoms in total. The van der Waals surface area contributed by atoms with Gasteiger partial charge in [-0.15, -0.1) is 0 Å². The summed E-state index contributed by atoms with van der Waals surface area (Å²) in [7, 11) is 0. The number of nitriles is 1. The lowest BCUT2D eigenvalue weighted by Crippen LogP contribution is -2.20. The smallest absolute Gasteiger partial charge is 0.262 e. The maximum atomic E-state index is 11.6. The number of hydrogen-bond acceptors (Lipinski definition) is 4. The Labute approximate surface area is 110 Å². The first-order chi connectivity index (χ1) is 9.29. The first-order valence-electron chi connectivity index (χ1n) is 5.61. The second-order valence-corrected chi connectivity index (χ2v) is 3.69. The van der Waals surface area contributed by atoms with Crippen molar-refractivity contribution in [2.45, 2.75) is 0 Å². The van der Waals surface area contributed by atoms with Crippen LogP contribution in [-0.2, 0) is 4.79 Å². The Bertz CT molecular complexity index is 606. The monoisotopic (exact) mass is 253 g/mol. The second-order valence-electron chi connectivity index (χ2n) is 3.69. The lowest BCUT2D eigenvalue weighted by atomic mass is 10.2. The highest BCUT2D eigenvalue weighted by molar-refractivity contribution is 5.91. The number of ether oxygens (including phenoxy) is 1. The number of aromatic nitrogens is 1. The predicted molar refractivity (Wildman–Crippen MR) is 69.5 cm³/mol. The Hall–Kier alpha value is -2.87. The number of nitrogens with zero attached hydrogens (tertiary/aromatic N) is 2. The quantitative estimate of drug-likeness (QED) is 0.903. The van der Waals surface area contributed by atoms with Crippen molar-refractivity contribution >= 4 is 11.6 Å². The molecule has 1 N–H and O–H groups in total. The van der Waals surface area contributed by atoms with Crippen molar-refractivity contribution in [1.82, 2.24) is 4.98 Å². The largest absolute Gasteiger partial charge is 0.482 e. The highest BCUT2D eigenvalue weighted by Gasteiger charge is 2.06. The first kappa shape index (κ1) is 12.6. The van der Waals surface area contributed by atoms with Crippen molar-refractivity contribution in [2.24, 2.45) is 0 Å². The van der Waals surface area contributed by atoms with Gasteiger partial charge in [0.1, 0.15) is 11.8 Å².